The quantitative estimate of drug-likeness (QED) is 0.824. The van der Waals surface area contributed by atoms with E-state index < -0.39 is 0 Å². The number of hydrogen-bond acceptors (Lipinski definition) is 4. The van der Waals surface area contributed by atoms with Crippen LogP contribution < -0.4 is 10.6 Å². The summed E-state index contributed by atoms with van der Waals surface area (Å²) in [7, 11) is 0. The van der Waals surface area contributed by atoms with Gasteiger partial charge in [0.2, 0.25) is 0 Å². The van der Waals surface area contributed by atoms with Crippen LogP contribution in [0.1, 0.15) is 12.5 Å². The molecule has 1 aliphatic heterocycles. The highest BCUT2D eigenvalue weighted by molar-refractivity contribution is 7.99. The van der Waals surface area contributed by atoms with E-state index in [1.807, 2.05) is 24.0 Å². The van der Waals surface area contributed by atoms with Crippen molar-refractivity contribution in [2.24, 2.45) is 5.73 Å². The first-order valence-electron chi connectivity index (χ1n) is 5.30. The fourth-order valence-electron chi connectivity index (χ4n) is 1.81. The molecule has 0 aromatic carbocycles. The summed E-state index contributed by atoms with van der Waals surface area (Å²) < 4.78 is 0. The Morgan fingerprint density at radius 2 is 2.53 bits per heavy atom. The van der Waals surface area contributed by atoms with Crippen LogP contribution in [-0.4, -0.2) is 29.1 Å². The Balaban J connectivity index is 2.19. The van der Waals surface area contributed by atoms with Crippen LogP contribution in [-0.2, 0) is 6.54 Å². The van der Waals surface area contributed by atoms with Gasteiger partial charge in [0.25, 0.3) is 0 Å². The van der Waals surface area contributed by atoms with Crippen LogP contribution in [0.5, 0.6) is 0 Å². The molecule has 0 bridgehead atoms. The van der Waals surface area contributed by atoms with Gasteiger partial charge in [-0.05, 0) is 24.6 Å². The molecule has 3 nitrogen and oxygen atoms in total. The van der Waals surface area contributed by atoms with Crippen molar-refractivity contribution >= 4 is 17.6 Å². The molecular weight excluding hydrogens is 206 g/mol. The van der Waals surface area contributed by atoms with Gasteiger partial charge >= 0.3 is 0 Å². The predicted octanol–water partition coefficient (Wildman–Crippen LogP) is 1.48. The second-order valence-corrected chi connectivity index (χ2v) is 4.99. The number of nitrogens with two attached hydrogens (primary N) is 1. The average molecular weight is 223 g/mol. The second-order valence-electron chi connectivity index (χ2n) is 3.84. The van der Waals surface area contributed by atoms with Gasteiger partial charge in [0.1, 0.15) is 5.82 Å². The predicted molar refractivity (Wildman–Crippen MR) is 66.3 cm³/mol. The highest BCUT2D eigenvalue weighted by Gasteiger charge is 2.19. The first kappa shape index (κ1) is 10.8. The molecule has 1 atom stereocenters. The molecule has 0 saturated carbocycles. The molecule has 0 amide bonds. The lowest BCUT2D eigenvalue weighted by molar-refractivity contribution is 0.689. The molecule has 1 fully saturated rings. The molecule has 1 unspecified atom stereocenters. The maximum Gasteiger partial charge on any atom is 0.129 e. The summed E-state index contributed by atoms with van der Waals surface area (Å²) in [5, 5.41) is 0. The van der Waals surface area contributed by atoms with Crippen molar-refractivity contribution in [3.63, 3.8) is 0 Å². The van der Waals surface area contributed by atoms with Crippen molar-refractivity contribution in [3.8, 4) is 0 Å². The van der Waals surface area contributed by atoms with Gasteiger partial charge in [-0.25, -0.2) is 4.98 Å². The lowest BCUT2D eigenvalue weighted by atomic mass is 10.2. The smallest absolute Gasteiger partial charge is 0.129 e. The standard InChI is InChI=1S/C11H17N3S/c1-9-8-15-5-4-14(9)11-6-10(7-12)2-3-13-11/h2-3,6,9H,4-5,7-8,12H2,1H3. The lowest BCUT2D eigenvalue weighted by Crippen LogP contribution is -2.40. The Kier molecular flexibility index (Phi) is 3.49. The third kappa shape index (κ3) is 2.44. The molecule has 1 aromatic heterocycles. The zero-order valence-electron chi connectivity index (χ0n) is 9.02. The molecule has 82 valence electrons. The van der Waals surface area contributed by atoms with Gasteiger partial charge in [-0.15, -0.1) is 0 Å². The molecular formula is C11H17N3S. The summed E-state index contributed by atoms with van der Waals surface area (Å²) in [6, 6.07) is 4.66. The summed E-state index contributed by atoms with van der Waals surface area (Å²) >= 11 is 2.02. The van der Waals surface area contributed by atoms with Crippen LogP contribution in [0.2, 0.25) is 0 Å². The van der Waals surface area contributed by atoms with Gasteiger partial charge in [0, 0.05) is 36.8 Å². The maximum atomic E-state index is 5.63. The van der Waals surface area contributed by atoms with Crippen molar-refractivity contribution in [1.29, 1.82) is 0 Å². The highest BCUT2D eigenvalue weighted by atomic mass is 32.2. The van der Waals surface area contributed by atoms with E-state index in [9.17, 15) is 0 Å². The molecule has 0 aliphatic carbocycles. The number of nitrogens with zero attached hydrogens (tertiary/aromatic N) is 2. The first-order valence-corrected chi connectivity index (χ1v) is 6.46. The summed E-state index contributed by atoms with van der Waals surface area (Å²) in [5.74, 6) is 3.46. The van der Waals surface area contributed by atoms with Crippen molar-refractivity contribution in [2.45, 2.75) is 19.5 Å². The fraction of sp³-hybridized carbons (Fsp3) is 0.545. The SMILES string of the molecule is CC1CSCCN1c1cc(CN)ccn1. The van der Waals surface area contributed by atoms with Crippen LogP contribution in [0.3, 0.4) is 0 Å². The van der Waals surface area contributed by atoms with E-state index in [0.717, 1.165) is 17.9 Å². The van der Waals surface area contributed by atoms with Gasteiger partial charge in [0.05, 0.1) is 0 Å². The van der Waals surface area contributed by atoms with Gasteiger partial charge < -0.3 is 10.6 Å². The average Bonchev–Trinajstić information content (AvgIpc) is 2.30. The van der Waals surface area contributed by atoms with Crippen molar-refractivity contribution in [2.75, 3.05) is 23.0 Å². The first-order chi connectivity index (χ1) is 7.31. The van der Waals surface area contributed by atoms with Crippen LogP contribution >= 0.6 is 11.8 Å². The Bertz CT molecular complexity index is 329. The van der Waals surface area contributed by atoms with Crippen LogP contribution in [0.4, 0.5) is 5.82 Å². The molecule has 1 saturated heterocycles. The molecule has 15 heavy (non-hydrogen) atoms. The molecule has 0 spiro atoms. The van der Waals surface area contributed by atoms with Gasteiger partial charge in [0.15, 0.2) is 0 Å². The Hall–Kier alpha value is -0.740. The van der Waals surface area contributed by atoms with E-state index in [0.29, 0.717) is 12.6 Å². The number of thioether (sulfide) groups is 1. The van der Waals surface area contributed by atoms with Crippen molar-refractivity contribution < 1.29 is 0 Å². The van der Waals surface area contributed by atoms with Crippen LogP contribution in [0, 0.1) is 0 Å². The lowest BCUT2D eigenvalue weighted by Gasteiger charge is -2.34. The minimum Gasteiger partial charge on any atom is -0.352 e. The molecule has 2 rings (SSSR count). The molecule has 0 radical (unpaired) electrons. The number of hydrogen-bond donors (Lipinski definition) is 1. The van der Waals surface area contributed by atoms with E-state index in [2.05, 4.69) is 22.9 Å². The Labute approximate surface area is 95.1 Å². The number of aromatic nitrogens is 1. The minimum absolute atomic E-state index is 0.573. The van der Waals surface area contributed by atoms with Crippen molar-refractivity contribution in [1.82, 2.24) is 4.98 Å². The van der Waals surface area contributed by atoms with Gasteiger partial charge in [-0.3, -0.25) is 0 Å². The highest BCUT2D eigenvalue weighted by Crippen LogP contribution is 2.22. The zero-order chi connectivity index (χ0) is 10.7. The molecule has 1 aliphatic rings. The van der Waals surface area contributed by atoms with E-state index in [1.54, 1.807) is 0 Å². The number of rotatable bonds is 2. The van der Waals surface area contributed by atoms with Crippen molar-refractivity contribution in [3.05, 3.63) is 23.9 Å². The molecule has 1 aromatic rings. The third-order valence-electron chi connectivity index (χ3n) is 2.71. The molecule has 4 heteroatoms. The summed E-state index contributed by atoms with van der Waals surface area (Å²) in [5.41, 5.74) is 6.79. The van der Waals surface area contributed by atoms with Crippen LogP contribution in [0.25, 0.3) is 0 Å². The summed E-state index contributed by atoms with van der Waals surface area (Å²) in [6.07, 6.45) is 1.85. The normalized spacial score (nSPS) is 21.7. The fourth-order valence-corrected chi connectivity index (χ4v) is 2.83. The minimum atomic E-state index is 0.573. The van der Waals surface area contributed by atoms with E-state index in [4.69, 9.17) is 5.73 Å². The Morgan fingerprint density at radius 1 is 1.67 bits per heavy atom. The topological polar surface area (TPSA) is 42.1 Å². The zero-order valence-corrected chi connectivity index (χ0v) is 9.83. The molecule has 2 N–H and O–H groups in total. The van der Waals surface area contributed by atoms with E-state index in [1.165, 1.54) is 11.5 Å². The summed E-state index contributed by atoms with van der Waals surface area (Å²) in [6.45, 7) is 3.93. The third-order valence-corrected chi connectivity index (χ3v) is 3.90. The van der Waals surface area contributed by atoms with Crippen LogP contribution in [0.15, 0.2) is 18.3 Å². The molecule has 2 heterocycles. The number of pyridine rings is 1. The monoisotopic (exact) mass is 223 g/mol. The maximum absolute atomic E-state index is 5.63. The second kappa shape index (κ2) is 4.86. The van der Waals surface area contributed by atoms with Gasteiger partial charge in [-0.2, -0.15) is 11.8 Å². The van der Waals surface area contributed by atoms with E-state index >= 15 is 0 Å². The van der Waals surface area contributed by atoms with E-state index in [-0.39, 0.29) is 0 Å². The summed E-state index contributed by atoms with van der Waals surface area (Å²) in [4.78, 5) is 6.79. The largest absolute Gasteiger partial charge is 0.352 e. The number of anilines is 1. The Morgan fingerprint density at radius 3 is 3.27 bits per heavy atom. The van der Waals surface area contributed by atoms with Gasteiger partial charge in [-0.1, -0.05) is 0 Å².